The Hall–Kier alpha value is -3.85. The zero-order valence-electron chi connectivity index (χ0n) is 18.3. The van der Waals surface area contributed by atoms with Gasteiger partial charge in [0.1, 0.15) is 5.02 Å². The smallest absolute Gasteiger partial charge is 0.253 e. The van der Waals surface area contributed by atoms with Crippen LogP contribution in [0.5, 0.6) is 0 Å². The molecule has 0 aliphatic carbocycles. The molecular formula is C23H24ClN7O2. The molecule has 2 heterocycles. The SMILES string of the molecule is CCN1CCNC(=O)c2ccc(Nc3ncc(Cl)c(Nc4ccccc4C(=O)NC)n3)cc21. The molecule has 0 atom stereocenters. The van der Waals surface area contributed by atoms with Gasteiger partial charge in [-0.2, -0.15) is 4.98 Å². The van der Waals surface area contributed by atoms with Crippen molar-refractivity contribution in [3.05, 3.63) is 64.8 Å². The van der Waals surface area contributed by atoms with E-state index in [1.807, 2.05) is 18.2 Å². The minimum atomic E-state index is -0.226. The van der Waals surface area contributed by atoms with Gasteiger partial charge in [-0.1, -0.05) is 23.7 Å². The van der Waals surface area contributed by atoms with E-state index in [0.717, 1.165) is 24.5 Å². The molecule has 4 rings (SSSR count). The Morgan fingerprint density at radius 1 is 1.21 bits per heavy atom. The van der Waals surface area contributed by atoms with Gasteiger partial charge in [0.05, 0.1) is 28.7 Å². The lowest BCUT2D eigenvalue weighted by molar-refractivity contribution is 0.0952. The molecule has 170 valence electrons. The molecule has 2 aromatic carbocycles. The van der Waals surface area contributed by atoms with Gasteiger partial charge in [-0.25, -0.2) is 4.98 Å². The first kappa shape index (κ1) is 22.3. The van der Waals surface area contributed by atoms with Crippen molar-refractivity contribution in [3.63, 3.8) is 0 Å². The largest absolute Gasteiger partial charge is 0.369 e. The highest BCUT2D eigenvalue weighted by atomic mass is 35.5. The highest BCUT2D eigenvalue weighted by Gasteiger charge is 2.20. The Morgan fingerprint density at radius 2 is 2.03 bits per heavy atom. The monoisotopic (exact) mass is 465 g/mol. The summed E-state index contributed by atoms with van der Waals surface area (Å²) in [5.74, 6) is 0.364. The van der Waals surface area contributed by atoms with Crippen LogP contribution in [0.25, 0.3) is 0 Å². The third-order valence-corrected chi connectivity index (χ3v) is 5.56. The minimum Gasteiger partial charge on any atom is -0.369 e. The number of amides is 2. The van der Waals surface area contributed by atoms with Crippen molar-refractivity contribution in [2.45, 2.75) is 6.92 Å². The number of likely N-dealkylation sites (N-methyl/N-ethyl adjacent to an activating group) is 1. The molecular weight excluding hydrogens is 442 g/mol. The van der Waals surface area contributed by atoms with E-state index in [4.69, 9.17) is 11.6 Å². The molecule has 0 saturated heterocycles. The second kappa shape index (κ2) is 9.74. The molecule has 3 aromatic rings. The van der Waals surface area contributed by atoms with Crippen LogP contribution in [-0.4, -0.2) is 48.5 Å². The average molecular weight is 466 g/mol. The lowest BCUT2D eigenvalue weighted by Gasteiger charge is -2.22. The van der Waals surface area contributed by atoms with E-state index in [1.54, 1.807) is 31.3 Å². The van der Waals surface area contributed by atoms with E-state index in [-0.39, 0.29) is 11.8 Å². The highest BCUT2D eigenvalue weighted by molar-refractivity contribution is 6.33. The molecule has 33 heavy (non-hydrogen) atoms. The Bertz CT molecular complexity index is 1200. The molecule has 1 aliphatic heterocycles. The zero-order chi connectivity index (χ0) is 23.4. The number of carbonyl (C=O) groups excluding carboxylic acids is 2. The van der Waals surface area contributed by atoms with Gasteiger partial charge in [0, 0.05) is 32.4 Å². The number of nitrogens with one attached hydrogen (secondary N) is 4. The summed E-state index contributed by atoms with van der Waals surface area (Å²) in [4.78, 5) is 35.4. The molecule has 1 aliphatic rings. The molecule has 9 nitrogen and oxygen atoms in total. The number of rotatable bonds is 6. The molecule has 4 N–H and O–H groups in total. The van der Waals surface area contributed by atoms with Crippen LogP contribution in [0.2, 0.25) is 5.02 Å². The van der Waals surface area contributed by atoms with Gasteiger partial charge in [-0.3, -0.25) is 9.59 Å². The molecule has 0 radical (unpaired) electrons. The maximum atomic E-state index is 12.4. The lowest BCUT2D eigenvalue weighted by atomic mass is 10.1. The second-order valence-corrected chi connectivity index (χ2v) is 7.74. The van der Waals surface area contributed by atoms with Gasteiger partial charge in [-0.05, 0) is 37.3 Å². The van der Waals surface area contributed by atoms with E-state index in [0.29, 0.717) is 40.1 Å². The van der Waals surface area contributed by atoms with Crippen LogP contribution in [0.3, 0.4) is 0 Å². The van der Waals surface area contributed by atoms with Gasteiger partial charge in [0.2, 0.25) is 5.95 Å². The zero-order valence-corrected chi connectivity index (χ0v) is 19.0. The molecule has 10 heteroatoms. The van der Waals surface area contributed by atoms with Gasteiger partial charge in [0.25, 0.3) is 11.8 Å². The number of nitrogens with zero attached hydrogens (tertiary/aromatic N) is 3. The van der Waals surface area contributed by atoms with Crippen LogP contribution in [0.15, 0.2) is 48.7 Å². The van der Waals surface area contributed by atoms with E-state index >= 15 is 0 Å². The van der Waals surface area contributed by atoms with Crippen LogP contribution in [-0.2, 0) is 0 Å². The van der Waals surface area contributed by atoms with Crippen molar-refractivity contribution in [1.82, 2.24) is 20.6 Å². The number of anilines is 5. The van der Waals surface area contributed by atoms with Gasteiger partial charge in [0.15, 0.2) is 5.82 Å². The molecule has 0 spiro atoms. The topological polar surface area (TPSA) is 111 Å². The third-order valence-electron chi connectivity index (χ3n) is 5.28. The fourth-order valence-corrected chi connectivity index (χ4v) is 3.75. The van der Waals surface area contributed by atoms with Crippen LogP contribution in [0.1, 0.15) is 27.6 Å². The second-order valence-electron chi connectivity index (χ2n) is 7.33. The number of fused-ring (bicyclic) bond motifs is 1. The van der Waals surface area contributed by atoms with Crippen LogP contribution in [0.4, 0.5) is 28.8 Å². The summed E-state index contributed by atoms with van der Waals surface area (Å²) in [7, 11) is 1.57. The Morgan fingerprint density at radius 3 is 2.82 bits per heavy atom. The molecule has 2 amide bonds. The maximum absolute atomic E-state index is 12.4. The summed E-state index contributed by atoms with van der Waals surface area (Å²) in [6.07, 6.45) is 1.48. The van der Waals surface area contributed by atoms with E-state index < -0.39 is 0 Å². The molecule has 0 fully saturated rings. The predicted octanol–water partition coefficient (Wildman–Crippen LogP) is 3.55. The summed E-state index contributed by atoms with van der Waals surface area (Å²) >= 11 is 6.31. The van der Waals surface area contributed by atoms with Crippen LogP contribution in [0, 0.1) is 0 Å². The lowest BCUT2D eigenvalue weighted by Crippen LogP contribution is -2.29. The van der Waals surface area contributed by atoms with Crippen molar-refractivity contribution >= 4 is 52.2 Å². The fraction of sp³-hybridized carbons (Fsp3) is 0.217. The number of para-hydroxylation sites is 1. The molecule has 0 bridgehead atoms. The highest BCUT2D eigenvalue weighted by Crippen LogP contribution is 2.29. The van der Waals surface area contributed by atoms with Crippen molar-refractivity contribution in [2.75, 3.05) is 42.2 Å². The number of carbonyl (C=O) groups is 2. The third kappa shape index (κ3) is 4.83. The van der Waals surface area contributed by atoms with Crippen LogP contribution >= 0.6 is 11.6 Å². The average Bonchev–Trinajstić information content (AvgIpc) is 2.99. The quantitative estimate of drug-likeness (QED) is 0.440. The molecule has 0 saturated carbocycles. The number of hydrogen-bond acceptors (Lipinski definition) is 7. The summed E-state index contributed by atoms with van der Waals surface area (Å²) in [5, 5.41) is 12.1. The summed E-state index contributed by atoms with van der Waals surface area (Å²) in [6.45, 7) is 4.16. The number of hydrogen-bond donors (Lipinski definition) is 4. The van der Waals surface area contributed by atoms with Crippen molar-refractivity contribution in [3.8, 4) is 0 Å². The summed E-state index contributed by atoms with van der Waals surface area (Å²) < 4.78 is 0. The Labute approximate surface area is 196 Å². The van der Waals surface area contributed by atoms with Gasteiger partial charge in [-0.15, -0.1) is 0 Å². The maximum Gasteiger partial charge on any atom is 0.253 e. The van der Waals surface area contributed by atoms with Crippen molar-refractivity contribution < 1.29 is 9.59 Å². The number of benzene rings is 2. The number of aromatic nitrogens is 2. The standard InChI is InChI=1S/C23H24ClN7O2/c1-3-31-11-10-26-22(33)16-9-8-14(12-19(16)31)28-23-27-13-17(24)20(30-23)29-18-7-5-4-6-15(18)21(32)25-2/h4-9,12-13H,3,10-11H2,1-2H3,(H,25,32)(H,26,33)(H2,27,28,29,30). The molecule has 1 aromatic heterocycles. The normalized spacial score (nSPS) is 12.9. The van der Waals surface area contributed by atoms with E-state index in [1.165, 1.54) is 6.20 Å². The first-order valence-corrected chi connectivity index (χ1v) is 10.9. The fourth-order valence-electron chi connectivity index (χ4n) is 3.61. The summed E-state index contributed by atoms with van der Waals surface area (Å²) in [5.41, 5.74) is 3.25. The van der Waals surface area contributed by atoms with Gasteiger partial charge < -0.3 is 26.2 Å². The van der Waals surface area contributed by atoms with Crippen LogP contribution < -0.4 is 26.2 Å². The minimum absolute atomic E-state index is 0.0866. The van der Waals surface area contributed by atoms with Gasteiger partial charge >= 0.3 is 0 Å². The summed E-state index contributed by atoms with van der Waals surface area (Å²) in [6, 6.07) is 12.6. The van der Waals surface area contributed by atoms with Crippen molar-refractivity contribution in [1.29, 1.82) is 0 Å². The van der Waals surface area contributed by atoms with E-state index in [9.17, 15) is 9.59 Å². The van der Waals surface area contributed by atoms with E-state index in [2.05, 4.69) is 43.1 Å². The Balaban J connectivity index is 1.61. The first-order valence-electron chi connectivity index (χ1n) is 10.5. The van der Waals surface area contributed by atoms with Crippen molar-refractivity contribution in [2.24, 2.45) is 0 Å². The molecule has 0 unspecified atom stereocenters. The Kier molecular flexibility index (Phi) is 6.60. The first-order chi connectivity index (χ1) is 16.0. The number of halogens is 1. The predicted molar refractivity (Wildman–Crippen MR) is 130 cm³/mol.